The van der Waals surface area contributed by atoms with Gasteiger partial charge in [0.15, 0.2) is 5.65 Å². The predicted molar refractivity (Wildman–Crippen MR) is 135 cm³/mol. The molecule has 0 unspecified atom stereocenters. The maximum absolute atomic E-state index is 14.0. The van der Waals surface area contributed by atoms with E-state index >= 15 is 0 Å². The molecular formula is C28H32F2N4O3. The summed E-state index contributed by atoms with van der Waals surface area (Å²) in [6.07, 6.45) is 4.85. The van der Waals surface area contributed by atoms with Gasteiger partial charge in [-0.1, -0.05) is 0 Å². The highest BCUT2D eigenvalue weighted by molar-refractivity contribution is 5.72. The molecule has 2 atom stereocenters. The Morgan fingerprint density at radius 3 is 2.41 bits per heavy atom. The van der Waals surface area contributed by atoms with Gasteiger partial charge in [-0.25, -0.2) is 18.7 Å². The van der Waals surface area contributed by atoms with Gasteiger partial charge in [0.25, 0.3) is 11.1 Å². The van der Waals surface area contributed by atoms with Crippen LogP contribution < -0.4 is 11.1 Å². The van der Waals surface area contributed by atoms with Crippen LogP contribution in [0.2, 0.25) is 0 Å². The van der Waals surface area contributed by atoms with Crippen molar-refractivity contribution in [3.8, 4) is 0 Å². The number of ether oxygens (including phenoxy) is 1. The summed E-state index contributed by atoms with van der Waals surface area (Å²) in [5, 5.41) is 0. The molecule has 4 heterocycles. The van der Waals surface area contributed by atoms with Crippen LogP contribution in [0.5, 0.6) is 0 Å². The smallest absolute Gasteiger partial charge is 0.256 e. The molecule has 3 aromatic heterocycles. The molecule has 1 aliphatic heterocycles. The van der Waals surface area contributed by atoms with Crippen LogP contribution in [0, 0.1) is 13.8 Å². The SMILES string of the molecule is Cc1nc2cc([C@H]3CCO[C@@H](c4ccn(C5CC5)c(=O)c4)C3)c(=O)n(C3CCC(F)(F)CC3)c2nc1C. The van der Waals surface area contributed by atoms with Gasteiger partial charge in [-0.3, -0.25) is 14.2 Å². The lowest BCUT2D eigenvalue weighted by molar-refractivity contribution is -0.0439. The van der Waals surface area contributed by atoms with Crippen LogP contribution in [0.15, 0.2) is 34.0 Å². The second-order valence-corrected chi connectivity index (χ2v) is 11.0. The normalized spacial score (nSPS) is 24.4. The van der Waals surface area contributed by atoms with E-state index in [-0.39, 0.29) is 54.9 Å². The number of hydrogen-bond donors (Lipinski definition) is 0. The van der Waals surface area contributed by atoms with Gasteiger partial charge < -0.3 is 9.30 Å². The summed E-state index contributed by atoms with van der Waals surface area (Å²) in [7, 11) is 0. The minimum Gasteiger partial charge on any atom is -0.373 e. The van der Waals surface area contributed by atoms with Crippen LogP contribution in [-0.2, 0) is 4.74 Å². The molecule has 37 heavy (non-hydrogen) atoms. The molecule has 2 saturated carbocycles. The second-order valence-electron chi connectivity index (χ2n) is 11.0. The van der Waals surface area contributed by atoms with Gasteiger partial charge in [0.1, 0.15) is 5.52 Å². The molecule has 0 amide bonds. The first kappa shape index (κ1) is 24.4. The Morgan fingerprint density at radius 1 is 0.973 bits per heavy atom. The van der Waals surface area contributed by atoms with Crippen LogP contribution in [-0.4, -0.2) is 31.6 Å². The Morgan fingerprint density at radius 2 is 1.70 bits per heavy atom. The fourth-order valence-corrected chi connectivity index (χ4v) is 5.91. The Balaban J connectivity index is 1.38. The van der Waals surface area contributed by atoms with Crippen molar-refractivity contribution in [1.29, 1.82) is 0 Å². The molecule has 3 fully saturated rings. The van der Waals surface area contributed by atoms with Crippen molar-refractivity contribution in [2.75, 3.05) is 6.61 Å². The van der Waals surface area contributed by atoms with Gasteiger partial charge in [-0.15, -0.1) is 0 Å². The minimum atomic E-state index is -2.69. The van der Waals surface area contributed by atoms with Crippen molar-refractivity contribution >= 4 is 11.2 Å². The Kier molecular flexibility index (Phi) is 6.01. The van der Waals surface area contributed by atoms with Crippen molar-refractivity contribution in [3.63, 3.8) is 0 Å². The standard InChI is InChI=1S/C28H32F2N4O3/c1-16-17(2)32-26-23(31-16)15-22(27(36)34(26)21-5-9-28(29,30)10-6-21)18-8-12-37-24(13-18)19-7-11-33(20-3-4-20)25(35)14-19/h7,11,14-15,18,20-21,24H,3-6,8-10,12-13H2,1-2H3/t18-,24+/m0/s1. The molecule has 1 saturated heterocycles. The zero-order valence-electron chi connectivity index (χ0n) is 21.3. The second kappa shape index (κ2) is 9.11. The van der Waals surface area contributed by atoms with Crippen LogP contribution in [0.1, 0.15) is 98.0 Å². The summed E-state index contributed by atoms with van der Waals surface area (Å²) in [5.41, 5.74) is 3.85. The topological polar surface area (TPSA) is 79.0 Å². The largest absolute Gasteiger partial charge is 0.373 e. The van der Waals surface area contributed by atoms with E-state index in [1.807, 2.05) is 32.2 Å². The molecular weight excluding hydrogens is 478 g/mol. The van der Waals surface area contributed by atoms with Gasteiger partial charge in [-0.05, 0) is 76.0 Å². The van der Waals surface area contributed by atoms with Crippen molar-refractivity contribution < 1.29 is 13.5 Å². The highest BCUT2D eigenvalue weighted by Crippen LogP contribution is 2.41. The van der Waals surface area contributed by atoms with Crippen LogP contribution in [0.3, 0.4) is 0 Å². The number of fused-ring (bicyclic) bond motifs is 1. The molecule has 0 aromatic carbocycles. The average molecular weight is 511 g/mol. The van der Waals surface area contributed by atoms with Crippen molar-refractivity contribution in [2.45, 2.75) is 95.2 Å². The lowest BCUT2D eigenvalue weighted by Gasteiger charge is -2.32. The molecule has 2 aliphatic carbocycles. The zero-order chi connectivity index (χ0) is 25.9. The predicted octanol–water partition coefficient (Wildman–Crippen LogP) is 5.29. The lowest BCUT2D eigenvalue weighted by Crippen LogP contribution is -2.35. The molecule has 3 aromatic rings. The molecule has 0 spiro atoms. The third kappa shape index (κ3) is 4.62. The fraction of sp³-hybridized carbons (Fsp3) is 0.571. The number of aryl methyl sites for hydroxylation is 2. The third-order valence-corrected chi connectivity index (χ3v) is 8.36. The summed E-state index contributed by atoms with van der Waals surface area (Å²) in [6, 6.07) is 5.42. The number of aromatic nitrogens is 4. The quantitative estimate of drug-likeness (QED) is 0.477. The van der Waals surface area contributed by atoms with E-state index in [4.69, 9.17) is 9.72 Å². The number of pyridine rings is 2. The Bertz CT molecular complexity index is 1470. The van der Waals surface area contributed by atoms with Crippen molar-refractivity contribution in [2.24, 2.45) is 0 Å². The molecule has 196 valence electrons. The molecule has 6 rings (SSSR count). The average Bonchev–Trinajstić information content (AvgIpc) is 3.71. The van der Waals surface area contributed by atoms with Gasteiger partial charge in [0.05, 0.1) is 17.5 Å². The van der Waals surface area contributed by atoms with E-state index < -0.39 is 5.92 Å². The number of rotatable bonds is 4. The number of alkyl halides is 2. The summed E-state index contributed by atoms with van der Waals surface area (Å²) in [5.74, 6) is -2.78. The van der Waals surface area contributed by atoms with Gasteiger partial charge in [0, 0.05) is 49.4 Å². The fourth-order valence-electron chi connectivity index (χ4n) is 5.91. The zero-order valence-corrected chi connectivity index (χ0v) is 21.3. The molecule has 0 radical (unpaired) electrons. The van der Waals surface area contributed by atoms with Gasteiger partial charge >= 0.3 is 0 Å². The third-order valence-electron chi connectivity index (χ3n) is 8.36. The first-order valence-corrected chi connectivity index (χ1v) is 13.3. The van der Waals surface area contributed by atoms with Crippen LogP contribution >= 0.6 is 0 Å². The van der Waals surface area contributed by atoms with E-state index in [0.29, 0.717) is 42.2 Å². The van der Waals surface area contributed by atoms with Crippen LogP contribution in [0.4, 0.5) is 8.78 Å². The van der Waals surface area contributed by atoms with E-state index in [2.05, 4.69) is 4.98 Å². The van der Waals surface area contributed by atoms with E-state index in [1.54, 1.807) is 15.2 Å². The Hall–Kier alpha value is -2.94. The Labute approximate surface area is 213 Å². The molecule has 0 N–H and O–H groups in total. The summed E-state index contributed by atoms with van der Waals surface area (Å²) in [4.78, 5) is 36.0. The summed E-state index contributed by atoms with van der Waals surface area (Å²) in [6.45, 7) is 4.19. The highest BCUT2D eigenvalue weighted by Gasteiger charge is 2.37. The van der Waals surface area contributed by atoms with Crippen molar-refractivity contribution in [1.82, 2.24) is 19.1 Å². The van der Waals surface area contributed by atoms with E-state index in [1.165, 1.54) is 0 Å². The molecule has 0 bridgehead atoms. The maximum Gasteiger partial charge on any atom is 0.256 e. The monoisotopic (exact) mass is 510 g/mol. The maximum atomic E-state index is 14.0. The first-order valence-electron chi connectivity index (χ1n) is 13.3. The lowest BCUT2D eigenvalue weighted by atomic mass is 9.86. The van der Waals surface area contributed by atoms with Gasteiger partial charge in [-0.2, -0.15) is 0 Å². The number of hydrogen-bond acceptors (Lipinski definition) is 5. The molecule has 3 aliphatic rings. The minimum absolute atomic E-state index is 0.0194. The van der Waals surface area contributed by atoms with Gasteiger partial charge in [0.2, 0.25) is 5.92 Å². The molecule has 9 heteroatoms. The van der Waals surface area contributed by atoms with Crippen molar-refractivity contribution in [3.05, 3.63) is 67.6 Å². The molecule has 7 nitrogen and oxygen atoms in total. The number of halogens is 2. The van der Waals surface area contributed by atoms with E-state index in [0.717, 1.165) is 29.8 Å². The number of nitrogens with zero attached hydrogens (tertiary/aromatic N) is 4. The summed E-state index contributed by atoms with van der Waals surface area (Å²) >= 11 is 0. The van der Waals surface area contributed by atoms with E-state index in [9.17, 15) is 18.4 Å². The first-order chi connectivity index (χ1) is 17.7. The highest BCUT2D eigenvalue weighted by atomic mass is 19.3. The van der Waals surface area contributed by atoms with Crippen LogP contribution in [0.25, 0.3) is 11.2 Å². The summed E-state index contributed by atoms with van der Waals surface area (Å²) < 4.78 is 37.4.